The van der Waals surface area contributed by atoms with Gasteiger partial charge in [0, 0.05) is 22.5 Å². The number of rotatable bonds is 3. The molecule has 154 valence electrons. The Morgan fingerprint density at radius 1 is 0.613 bits per heavy atom. The summed E-state index contributed by atoms with van der Waals surface area (Å²) in [7, 11) is 0. The van der Waals surface area contributed by atoms with Crippen LogP contribution in [0.1, 0.15) is 36.1 Å². The molecule has 1 aliphatic carbocycles. The predicted octanol–water partition coefficient (Wildman–Crippen LogP) is 7.79. The molecule has 2 heteroatoms. The second-order valence-corrected chi connectivity index (χ2v) is 9.09. The van der Waals surface area contributed by atoms with Gasteiger partial charge in [-0.3, -0.25) is 0 Å². The van der Waals surface area contributed by atoms with Crippen LogP contribution in [-0.4, -0.2) is 5.11 Å². The minimum atomic E-state index is -0.125. The number of nitrogens with zero attached hydrogens (tertiary/aromatic N) is 1. The van der Waals surface area contributed by atoms with Gasteiger partial charge in [0.25, 0.3) is 0 Å². The summed E-state index contributed by atoms with van der Waals surface area (Å²) >= 11 is 0. The van der Waals surface area contributed by atoms with Gasteiger partial charge >= 0.3 is 0 Å². The van der Waals surface area contributed by atoms with Crippen molar-refractivity contribution in [2.45, 2.75) is 33.1 Å². The van der Waals surface area contributed by atoms with Crippen molar-refractivity contribution in [2.75, 3.05) is 4.90 Å². The molecule has 2 nitrogen and oxygen atoms in total. The van der Waals surface area contributed by atoms with E-state index in [1.807, 2.05) is 6.07 Å². The van der Waals surface area contributed by atoms with Crippen molar-refractivity contribution in [2.24, 2.45) is 0 Å². The first-order chi connectivity index (χ1) is 14.8. The van der Waals surface area contributed by atoms with Crippen LogP contribution in [0.2, 0.25) is 0 Å². The number of phenolic OH excluding ortho intramolecular Hbond substituents is 1. The van der Waals surface area contributed by atoms with E-state index in [-0.39, 0.29) is 5.41 Å². The van der Waals surface area contributed by atoms with E-state index < -0.39 is 0 Å². The third-order valence-electron chi connectivity index (χ3n) is 6.45. The topological polar surface area (TPSA) is 23.5 Å². The van der Waals surface area contributed by atoms with Crippen molar-refractivity contribution in [1.82, 2.24) is 0 Å². The van der Waals surface area contributed by atoms with Gasteiger partial charge in [-0.25, -0.2) is 0 Å². The summed E-state index contributed by atoms with van der Waals surface area (Å²) in [6.45, 7) is 8.78. The standard InChI is InChI=1S/C29H27NO/c1-19-8-10-21(11-9-19)30(22-7-5-6-20(2)16-22)23-12-14-25-26-18-24(31)13-15-27(26)29(3,4)28(25)17-23/h5-18,31H,1-4H3. The van der Waals surface area contributed by atoms with Crippen LogP contribution >= 0.6 is 0 Å². The number of aromatic hydroxyl groups is 1. The number of hydrogen-bond acceptors (Lipinski definition) is 2. The average molecular weight is 406 g/mol. The summed E-state index contributed by atoms with van der Waals surface area (Å²) in [5.41, 5.74) is 10.7. The van der Waals surface area contributed by atoms with Crippen LogP contribution in [0.5, 0.6) is 5.75 Å². The molecule has 1 aliphatic rings. The van der Waals surface area contributed by atoms with Gasteiger partial charge in [-0.15, -0.1) is 0 Å². The fraction of sp³-hybridized carbons (Fsp3) is 0.172. The van der Waals surface area contributed by atoms with Gasteiger partial charge in [-0.2, -0.15) is 0 Å². The molecule has 0 bridgehead atoms. The van der Waals surface area contributed by atoms with Crippen molar-refractivity contribution in [3.63, 3.8) is 0 Å². The second kappa shape index (κ2) is 7.02. The molecule has 4 aromatic carbocycles. The summed E-state index contributed by atoms with van der Waals surface area (Å²) < 4.78 is 0. The van der Waals surface area contributed by atoms with Gasteiger partial charge in [0.15, 0.2) is 0 Å². The molecular formula is C29H27NO. The lowest BCUT2D eigenvalue weighted by atomic mass is 9.82. The molecule has 4 aromatic rings. The predicted molar refractivity (Wildman–Crippen MR) is 130 cm³/mol. The number of aryl methyl sites for hydroxylation is 2. The molecule has 0 heterocycles. The Labute approximate surface area is 184 Å². The van der Waals surface area contributed by atoms with Gasteiger partial charge < -0.3 is 10.0 Å². The Hall–Kier alpha value is -3.52. The van der Waals surface area contributed by atoms with E-state index in [4.69, 9.17) is 0 Å². The Kier molecular flexibility index (Phi) is 4.40. The molecule has 0 aromatic heterocycles. The minimum Gasteiger partial charge on any atom is -0.508 e. The van der Waals surface area contributed by atoms with Gasteiger partial charge in [0.1, 0.15) is 5.75 Å². The highest BCUT2D eigenvalue weighted by Gasteiger charge is 2.36. The molecule has 0 fully saturated rings. The zero-order chi connectivity index (χ0) is 21.8. The quantitative estimate of drug-likeness (QED) is 0.376. The van der Waals surface area contributed by atoms with Crippen LogP contribution in [0.25, 0.3) is 11.1 Å². The summed E-state index contributed by atoms with van der Waals surface area (Å²) in [6, 6.07) is 29.8. The Bertz CT molecular complexity index is 1280. The lowest BCUT2D eigenvalue weighted by Crippen LogP contribution is -2.16. The molecule has 0 aliphatic heterocycles. The third kappa shape index (κ3) is 3.19. The van der Waals surface area contributed by atoms with Crippen molar-refractivity contribution >= 4 is 17.1 Å². The maximum atomic E-state index is 10.1. The largest absolute Gasteiger partial charge is 0.508 e. The van der Waals surface area contributed by atoms with Crippen molar-refractivity contribution < 1.29 is 5.11 Å². The normalized spacial score (nSPS) is 13.5. The van der Waals surface area contributed by atoms with Gasteiger partial charge in [-0.1, -0.05) is 55.8 Å². The van der Waals surface area contributed by atoms with Crippen molar-refractivity contribution in [1.29, 1.82) is 0 Å². The lowest BCUT2D eigenvalue weighted by molar-refractivity contribution is 0.475. The minimum absolute atomic E-state index is 0.125. The van der Waals surface area contributed by atoms with Crippen LogP contribution in [0.4, 0.5) is 17.1 Å². The maximum Gasteiger partial charge on any atom is 0.116 e. The molecule has 0 atom stereocenters. The summed E-state index contributed by atoms with van der Waals surface area (Å²) in [6.07, 6.45) is 0. The Balaban J connectivity index is 1.70. The number of phenols is 1. The highest BCUT2D eigenvalue weighted by atomic mass is 16.3. The van der Waals surface area contributed by atoms with Gasteiger partial charge in [0.05, 0.1) is 0 Å². The monoisotopic (exact) mass is 405 g/mol. The molecular weight excluding hydrogens is 378 g/mol. The van der Waals surface area contributed by atoms with Crippen LogP contribution in [0, 0.1) is 13.8 Å². The molecule has 1 N–H and O–H groups in total. The van der Waals surface area contributed by atoms with E-state index in [9.17, 15) is 5.11 Å². The Morgan fingerprint density at radius 2 is 1.32 bits per heavy atom. The van der Waals surface area contributed by atoms with Crippen LogP contribution in [-0.2, 0) is 5.41 Å². The number of benzene rings is 4. The van der Waals surface area contributed by atoms with Crippen LogP contribution in [0.15, 0.2) is 84.9 Å². The first kappa shape index (κ1) is 19.4. The smallest absolute Gasteiger partial charge is 0.116 e. The zero-order valence-corrected chi connectivity index (χ0v) is 18.5. The number of anilines is 3. The summed E-state index contributed by atoms with van der Waals surface area (Å²) in [5, 5.41) is 10.1. The third-order valence-corrected chi connectivity index (χ3v) is 6.45. The van der Waals surface area contributed by atoms with Crippen LogP contribution < -0.4 is 4.90 Å². The Morgan fingerprint density at radius 3 is 2.06 bits per heavy atom. The molecule has 0 amide bonds. The number of hydrogen-bond donors (Lipinski definition) is 1. The number of fused-ring (bicyclic) bond motifs is 3. The van der Waals surface area contributed by atoms with Crippen molar-refractivity contribution in [3.8, 4) is 16.9 Å². The fourth-order valence-electron chi connectivity index (χ4n) is 4.78. The molecule has 31 heavy (non-hydrogen) atoms. The first-order valence-electron chi connectivity index (χ1n) is 10.8. The van der Waals surface area contributed by atoms with E-state index in [0.29, 0.717) is 5.75 Å². The molecule has 0 unspecified atom stereocenters. The SMILES string of the molecule is Cc1ccc(N(c2cccc(C)c2)c2ccc3c(c2)C(C)(C)c2ccc(O)cc2-3)cc1. The molecule has 0 spiro atoms. The highest BCUT2D eigenvalue weighted by Crippen LogP contribution is 2.51. The summed E-state index contributed by atoms with van der Waals surface area (Å²) in [5.74, 6) is 0.313. The highest BCUT2D eigenvalue weighted by molar-refractivity contribution is 5.86. The average Bonchev–Trinajstić information content (AvgIpc) is 2.96. The molecule has 0 radical (unpaired) electrons. The molecule has 0 saturated heterocycles. The second-order valence-electron chi connectivity index (χ2n) is 9.09. The molecule has 0 saturated carbocycles. The maximum absolute atomic E-state index is 10.1. The van der Waals surface area contributed by atoms with Crippen molar-refractivity contribution in [3.05, 3.63) is 107 Å². The fourth-order valence-corrected chi connectivity index (χ4v) is 4.78. The van der Waals surface area contributed by atoms with E-state index in [1.165, 1.54) is 27.8 Å². The van der Waals surface area contributed by atoms with Gasteiger partial charge in [0.2, 0.25) is 0 Å². The van der Waals surface area contributed by atoms with E-state index in [1.54, 1.807) is 6.07 Å². The van der Waals surface area contributed by atoms with Gasteiger partial charge in [-0.05, 0) is 90.2 Å². The van der Waals surface area contributed by atoms with E-state index >= 15 is 0 Å². The zero-order valence-electron chi connectivity index (χ0n) is 18.5. The van der Waals surface area contributed by atoms with E-state index in [0.717, 1.165) is 22.6 Å². The molecule has 5 rings (SSSR count). The first-order valence-corrected chi connectivity index (χ1v) is 10.8. The lowest BCUT2D eigenvalue weighted by Gasteiger charge is -2.28. The van der Waals surface area contributed by atoms with E-state index in [2.05, 4.69) is 105 Å². The summed E-state index contributed by atoms with van der Waals surface area (Å²) in [4.78, 5) is 2.32. The van der Waals surface area contributed by atoms with Crippen LogP contribution in [0.3, 0.4) is 0 Å².